The molecule has 0 unspecified atom stereocenters. The SMILES string of the molecule is CNC(=O)c1ccc(NC(=O)COc2ccc(C(=O)OC)cc2Br)cc1. The molecule has 2 rings (SSSR count). The van der Waals surface area contributed by atoms with Crippen molar-refractivity contribution in [2.75, 3.05) is 26.1 Å². The van der Waals surface area contributed by atoms with Gasteiger partial charge < -0.3 is 20.1 Å². The van der Waals surface area contributed by atoms with Gasteiger partial charge in [0.1, 0.15) is 5.75 Å². The van der Waals surface area contributed by atoms with Gasteiger partial charge in [0, 0.05) is 18.3 Å². The topological polar surface area (TPSA) is 93.7 Å². The van der Waals surface area contributed by atoms with E-state index in [9.17, 15) is 14.4 Å². The van der Waals surface area contributed by atoms with Crippen LogP contribution < -0.4 is 15.4 Å². The van der Waals surface area contributed by atoms with Crippen molar-refractivity contribution in [3.63, 3.8) is 0 Å². The predicted octanol–water partition coefficient (Wildman–Crippen LogP) is 2.61. The van der Waals surface area contributed by atoms with Gasteiger partial charge in [-0.1, -0.05) is 0 Å². The smallest absolute Gasteiger partial charge is 0.337 e. The summed E-state index contributed by atoms with van der Waals surface area (Å²) in [5.41, 5.74) is 1.41. The fraction of sp³-hybridized carbons (Fsp3) is 0.167. The van der Waals surface area contributed by atoms with E-state index in [1.165, 1.54) is 7.11 Å². The van der Waals surface area contributed by atoms with E-state index in [-0.39, 0.29) is 18.4 Å². The maximum absolute atomic E-state index is 12.0. The number of anilines is 1. The van der Waals surface area contributed by atoms with Gasteiger partial charge in [0.05, 0.1) is 17.1 Å². The zero-order chi connectivity index (χ0) is 19.1. The molecule has 7 nitrogen and oxygen atoms in total. The summed E-state index contributed by atoms with van der Waals surface area (Å²) < 4.78 is 10.6. The first-order valence-electron chi connectivity index (χ1n) is 7.57. The summed E-state index contributed by atoms with van der Waals surface area (Å²) in [6, 6.07) is 11.1. The summed E-state index contributed by atoms with van der Waals surface area (Å²) in [7, 11) is 2.84. The lowest BCUT2D eigenvalue weighted by molar-refractivity contribution is -0.118. The molecule has 0 heterocycles. The maximum atomic E-state index is 12.0. The number of benzene rings is 2. The van der Waals surface area contributed by atoms with Crippen molar-refractivity contribution in [2.45, 2.75) is 0 Å². The van der Waals surface area contributed by atoms with Gasteiger partial charge in [-0.2, -0.15) is 0 Å². The molecular formula is C18H17BrN2O5. The molecule has 2 amide bonds. The minimum atomic E-state index is -0.463. The standard InChI is InChI=1S/C18H17BrN2O5/c1-20-17(23)11-3-6-13(7-4-11)21-16(22)10-26-15-8-5-12(9-14(15)19)18(24)25-2/h3-9H,10H2,1-2H3,(H,20,23)(H,21,22). The molecule has 2 N–H and O–H groups in total. The van der Waals surface area contributed by atoms with Gasteiger partial charge in [-0.3, -0.25) is 9.59 Å². The van der Waals surface area contributed by atoms with E-state index in [1.807, 2.05) is 0 Å². The van der Waals surface area contributed by atoms with Crippen LogP contribution in [0.25, 0.3) is 0 Å². The highest BCUT2D eigenvalue weighted by Gasteiger charge is 2.11. The zero-order valence-corrected chi connectivity index (χ0v) is 15.8. The molecule has 2 aromatic rings. The first kappa shape index (κ1) is 19.5. The lowest BCUT2D eigenvalue weighted by Crippen LogP contribution is -2.21. The number of amides is 2. The zero-order valence-electron chi connectivity index (χ0n) is 14.2. The molecule has 0 aromatic heterocycles. The largest absolute Gasteiger partial charge is 0.483 e. The Morgan fingerprint density at radius 1 is 1.04 bits per heavy atom. The molecule has 0 saturated heterocycles. The second-order valence-electron chi connectivity index (χ2n) is 5.13. The first-order valence-corrected chi connectivity index (χ1v) is 8.36. The predicted molar refractivity (Wildman–Crippen MR) is 99.4 cm³/mol. The minimum Gasteiger partial charge on any atom is -0.483 e. The van der Waals surface area contributed by atoms with Gasteiger partial charge in [0.15, 0.2) is 6.61 Å². The van der Waals surface area contributed by atoms with E-state index in [4.69, 9.17) is 4.74 Å². The van der Waals surface area contributed by atoms with Crippen molar-refractivity contribution in [3.8, 4) is 5.75 Å². The summed E-state index contributed by atoms with van der Waals surface area (Å²) in [5, 5.41) is 5.19. The van der Waals surface area contributed by atoms with Gasteiger partial charge in [-0.25, -0.2) is 4.79 Å². The maximum Gasteiger partial charge on any atom is 0.337 e. The Bertz CT molecular complexity index is 821. The highest BCUT2D eigenvalue weighted by Crippen LogP contribution is 2.26. The third kappa shape index (κ3) is 5.06. The van der Waals surface area contributed by atoms with Crippen molar-refractivity contribution in [1.82, 2.24) is 5.32 Å². The highest BCUT2D eigenvalue weighted by atomic mass is 79.9. The third-order valence-electron chi connectivity index (χ3n) is 3.37. The Hall–Kier alpha value is -2.87. The van der Waals surface area contributed by atoms with Crippen LogP contribution in [0.2, 0.25) is 0 Å². The minimum absolute atomic E-state index is 0.202. The molecule has 2 aromatic carbocycles. The van der Waals surface area contributed by atoms with Gasteiger partial charge in [-0.05, 0) is 58.4 Å². The van der Waals surface area contributed by atoms with Crippen LogP contribution >= 0.6 is 15.9 Å². The van der Waals surface area contributed by atoms with Crippen LogP contribution in [0.4, 0.5) is 5.69 Å². The van der Waals surface area contributed by atoms with E-state index in [0.717, 1.165) is 0 Å². The molecule has 0 saturated carbocycles. The molecule has 0 spiro atoms. The Labute approximate surface area is 158 Å². The van der Waals surface area contributed by atoms with Crippen LogP contribution in [-0.4, -0.2) is 38.5 Å². The van der Waals surface area contributed by atoms with Crippen molar-refractivity contribution in [2.24, 2.45) is 0 Å². The summed E-state index contributed by atoms with van der Waals surface area (Å²) in [6.07, 6.45) is 0. The van der Waals surface area contributed by atoms with Crippen molar-refractivity contribution < 1.29 is 23.9 Å². The number of nitrogens with one attached hydrogen (secondary N) is 2. The monoisotopic (exact) mass is 420 g/mol. The van der Waals surface area contributed by atoms with E-state index in [2.05, 4.69) is 31.3 Å². The number of ether oxygens (including phenoxy) is 2. The fourth-order valence-corrected chi connectivity index (χ4v) is 2.55. The molecule has 0 bridgehead atoms. The summed E-state index contributed by atoms with van der Waals surface area (Å²) in [6.45, 7) is -0.215. The van der Waals surface area contributed by atoms with E-state index in [1.54, 1.807) is 49.5 Å². The van der Waals surface area contributed by atoms with E-state index >= 15 is 0 Å². The van der Waals surface area contributed by atoms with E-state index in [0.29, 0.717) is 27.0 Å². The number of carbonyl (C=O) groups excluding carboxylic acids is 3. The highest BCUT2D eigenvalue weighted by molar-refractivity contribution is 9.10. The number of esters is 1. The number of rotatable bonds is 6. The normalized spacial score (nSPS) is 9.96. The molecule has 0 fully saturated rings. The van der Waals surface area contributed by atoms with Crippen LogP contribution in [0.15, 0.2) is 46.9 Å². The Balaban J connectivity index is 1.92. The molecule has 136 valence electrons. The summed E-state index contributed by atoms with van der Waals surface area (Å²) in [4.78, 5) is 34.9. The van der Waals surface area contributed by atoms with Gasteiger partial charge in [0.2, 0.25) is 0 Å². The Morgan fingerprint density at radius 3 is 2.27 bits per heavy atom. The Kier molecular flexibility index (Phi) is 6.74. The average Bonchev–Trinajstić information content (AvgIpc) is 2.66. The van der Waals surface area contributed by atoms with Crippen LogP contribution in [0.5, 0.6) is 5.75 Å². The fourth-order valence-electron chi connectivity index (χ4n) is 2.05. The second-order valence-corrected chi connectivity index (χ2v) is 5.98. The number of methoxy groups -OCH3 is 1. The molecule has 0 aliphatic carbocycles. The average molecular weight is 421 g/mol. The molecule has 0 aliphatic heterocycles. The van der Waals surface area contributed by atoms with Crippen LogP contribution in [0.1, 0.15) is 20.7 Å². The molecule has 8 heteroatoms. The molecule has 0 aliphatic rings. The first-order chi connectivity index (χ1) is 12.4. The van der Waals surface area contributed by atoms with Gasteiger partial charge in [0.25, 0.3) is 11.8 Å². The number of hydrogen-bond acceptors (Lipinski definition) is 5. The number of carbonyl (C=O) groups is 3. The van der Waals surface area contributed by atoms with E-state index < -0.39 is 5.97 Å². The lowest BCUT2D eigenvalue weighted by atomic mass is 10.2. The van der Waals surface area contributed by atoms with Crippen molar-refractivity contribution in [3.05, 3.63) is 58.1 Å². The van der Waals surface area contributed by atoms with Crippen LogP contribution in [-0.2, 0) is 9.53 Å². The molecular weight excluding hydrogens is 404 g/mol. The van der Waals surface area contributed by atoms with Crippen molar-refractivity contribution >= 4 is 39.4 Å². The Morgan fingerprint density at radius 2 is 1.69 bits per heavy atom. The van der Waals surface area contributed by atoms with Crippen LogP contribution in [0, 0.1) is 0 Å². The summed E-state index contributed by atoms with van der Waals surface area (Å²) in [5.74, 6) is -0.605. The number of halogens is 1. The quantitative estimate of drug-likeness (QED) is 0.700. The lowest BCUT2D eigenvalue weighted by Gasteiger charge is -2.10. The molecule has 0 radical (unpaired) electrons. The van der Waals surface area contributed by atoms with Gasteiger partial charge >= 0.3 is 5.97 Å². The second kappa shape index (κ2) is 9.00. The van der Waals surface area contributed by atoms with Gasteiger partial charge in [-0.15, -0.1) is 0 Å². The van der Waals surface area contributed by atoms with Crippen molar-refractivity contribution in [1.29, 1.82) is 0 Å². The third-order valence-corrected chi connectivity index (χ3v) is 3.99. The van der Waals surface area contributed by atoms with Crippen LogP contribution in [0.3, 0.4) is 0 Å². The molecule has 26 heavy (non-hydrogen) atoms. The summed E-state index contributed by atoms with van der Waals surface area (Å²) >= 11 is 3.29. The number of hydrogen-bond donors (Lipinski definition) is 2. The molecule has 0 atom stereocenters.